The lowest BCUT2D eigenvalue weighted by Crippen LogP contribution is -2.17. The summed E-state index contributed by atoms with van der Waals surface area (Å²) >= 11 is 1.68. The summed E-state index contributed by atoms with van der Waals surface area (Å²) in [5.41, 5.74) is 1.14. The van der Waals surface area contributed by atoms with Crippen LogP contribution in [-0.2, 0) is 17.9 Å². The first-order chi connectivity index (χ1) is 9.79. The van der Waals surface area contributed by atoms with E-state index in [1.165, 1.54) is 4.88 Å². The number of nitrogens with one attached hydrogen (secondary N) is 1. The van der Waals surface area contributed by atoms with E-state index in [9.17, 15) is 0 Å². The average molecular weight is 292 g/mol. The van der Waals surface area contributed by atoms with Gasteiger partial charge in [0.05, 0.1) is 6.61 Å². The van der Waals surface area contributed by atoms with E-state index in [1.807, 2.05) is 37.4 Å². The van der Waals surface area contributed by atoms with Crippen LogP contribution in [0.4, 0.5) is 0 Å². The number of para-hydroxylation sites is 1. The Morgan fingerprint density at radius 2 is 2.15 bits per heavy atom. The normalized spacial score (nSPS) is 10.7. The largest absolute Gasteiger partial charge is 0.486 e. The second-order valence-electron chi connectivity index (χ2n) is 4.44. The maximum Gasteiger partial charge on any atom is 0.140 e. The highest BCUT2D eigenvalue weighted by Crippen LogP contribution is 2.19. The summed E-state index contributed by atoms with van der Waals surface area (Å²) in [5.74, 6) is 0.919. The number of aromatic nitrogens is 1. The molecule has 0 atom stereocenters. The zero-order valence-electron chi connectivity index (χ0n) is 11.9. The van der Waals surface area contributed by atoms with Gasteiger partial charge >= 0.3 is 0 Å². The molecule has 0 aliphatic heterocycles. The number of ether oxygens (including phenoxy) is 2. The minimum atomic E-state index is 0.521. The van der Waals surface area contributed by atoms with Crippen LogP contribution in [0.2, 0.25) is 0 Å². The molecular weight excluding hydrogens is 272 g/mol. The lowest BCUT2D eigenvalue weighted by atomic mass is 10.2. The van der Waals surface area contributed by atoms with E-state index in [4.69, 9.17) is 9.47 Å². The van der Waals surface area contributed by atoms with Crippen LogP contribution in [0.25, 0.3) is 0 Å². The van der Waals surface area contributed by atoms with Gasteiger partial charge in [-0.1, -0.05) is 18.2 Å². The van der Waals surface area contributed by atoms with Crippen LogP contribution in [0.1, 0.15) is 15.4 Å². The van der Waals surface area contributed by atoms with E-state index in [-0.39, 0.29) is 0 Å². The van der Waals surface area contributed by atoms with Crippen LogP contribution in [-0.4, -0.2) is 25.2 Å². The summed E-state index contributed by atoms with van der Waals surface area (Å²) in [7, 11) is 1.70. The molecule has 0 bridgehead atoms. The highest BCUT2D eigenvalue weighted by Gasteiger charge is 2.04. The molecule has 1 aromatic heterocycles. The molecule has 5 heteroatoms. The van der Waals surface area contributed by atoms with Crippen LogP contribution < -0.4 is 10.1 Å². The van der Waals surface area contributed by atoms with Crippen molar-refractivity contribution in [1.82, 2.24) is 10.3 Å². The average Bonchev–Trinajstić information content (AvgIpc) is 2.91. The number of hydrogen-bond acceptors (Lipinski definition) is 5. The van der Waals surface area contributed by atoms with Crippen molar-refractivity contribution in [2.24, 2.45) is 0 Å². The predicted octanol–water partition coefficient (Wildman–Crippen LogP) is 2.77. The van der Waals surface area contributed by atoms with Crippen molar-refractivity contribution in [3.63, 3.8) is 0 Å². The van der Waals surface area contributed by atoms with E-state index in [0.717, 1.165) is 36.0 Å². The lowest BCUT2D eigenvalue weighted by Gasteiger charge is -2.06. The van der Waals surface area contributed by atoms with Crippen LogP contribution in [0.5, 0.6) is 5.75 Å². The van der Waals surface area contributed by atoms with Crippen molar-refractivity contribution in [3.8, 4) is 5.75 Å². The Bertz CT molecular complexity index is 528. The van der Waals surface area contributed by atoms with Crippen LogP contribution in [0.3, 0.4) is 0 Å². The molecular formula is C15H20N2O2S. The van der Waals surface area contributed by atoms with Gasteiger partial charge in [0, 0.05) is 31.3 Å². The fraction of sp³-hybridized carbons (Fsp3) is 0.400. The number of hydrogen-bond donors (Lipinski definition) is 1. The maximum atomic E-state index is 5.79. The number of thiazole rings is 1. The first kappa shape index (κ1) is 15.0. The van der Waals surface area contributed by atoms with E-state index in [1.54, 1.807) is 18.4 Å². The van der Waals surface area contributed by atoms with Crippen LogP contribution >= 0.6 is 11.3 Å². The van der Waals surface area contributed by atoms with Crippen molar-refractivity contribution < 1.29 is 9.47 Å². The van der Waals surface area contributed by atoms with Crippen molar-refractivity contribution in [2.45, 2.75) is 20.1 Å². The minimum Gasteiger partial charge on any atom is -0.486 e. The molecule has 2 aromatic rings. The molecule has 0 fully saturated rings. The molecule has 20 heavy (non-hydrogen) atoms. The third kappa shape index (κ3) is 4.59. The van der Waals surface area contributed by atoms with Gasteiger partial charge in [-0.25, -0.2) is 4.98 Å². The molecule has 1 N–H and O–H groups in total. The summed E-state index contributed by atoms with van der Waals surface area (Å²) < 4.78 is 10.8. The Hall–Kier alpha value is -1.43. The zero-order valence-corrected chi connectivity index (χ0v) is 12.7. The molecule has 0 radical (unpaired) electrons. The van der Waals surface area contributed by atoms with E-state index in [0.29, 0.717) is 6.61 Å². The standard InChI is InChI=1S/C15H20N2O2S/c1-12-5-3-4-6-14(12)19-11-15-17-10-13(20-15)9-16-7-8-18-2/h3-6,10,16H,7-9,11H2,1-2H3. The highest BCUT2D eigenvalue weighted by molar-refractivity contribution is 7.11. The van der Waals surface area contributed by atoms with E-state index in [2.05, 4.69) is 10.3 Å². The molecule has 4 nitrogen and oxygen atoms in total. The predicted molar refractivity (Wildman–Crippen MR) is 81.2 cm³/mol. The second kappa shape index (κ2) is 7.99. The van der Waals surface area contributed by atoms with Gasteiger partial charge in [0.15, 0.2) is 0 Å². The molecule has 0 spiro atoms. The number of benzene rings is 1. The first-order valence-electron chi connectivity index (χ1n) is 6.61. The molecule has 0 aliphatic rings. The van der Waals surface area contributed by atoms with Gasteiger partial charge in [-0.3, -0.25) is 0 Å². The molecule has 1 heterocycles. The topological polar surface area (TPSA) is 43.4 Å². The van der Waals surface area contributed by atoms with E-state index >= 15 is 0 Å². The Labute approximate surface area is 123 Å². The summed E-state index contributed by atoms with van der Waals surface area (Å²) in [6.45, 7) is 4.97. The van der Waals surface area contributed by atoms with Gasteiger partial charge in [0.25, 0.3) is 0 Å². The van der Waals surface area contributed by atoms with Gasteiger partial charge in [-0.2, -0.15) is 0 Å². The monoisotopic (exact) mass is 292 g/mol. The van der Waals surface area contributed by atoms with Gasteiger partial charge in [-0.05, 0) is 18.6 Å². The van der Waals surface area contributed by atoms with Crippen molar-refractivity contribution in [1.29, 1.82) is 0 Å². The van der Waals surface area contributed by atoms with Crippen LogP contribution in [0.15, 0.2) is 30.5 Å². The fourth-order valence-electron chi connectivity index (χ4n) is 1.74. The third-order valence-corrected chi connectivity index (χ3v) is 3.80. The molecule has 1 aromatic carbocycles. The Morgan fingerprint density at radius 1 is 1.30 bits per heavy atom. The summed E-state index contributed by atoms with van der Waals surface area (Å²) in [5, 5.41) is 4.30. The van der Waals surface area contributed by atoms with Crippen LogP contribution in [0, 0.1) is 6.92 Å². The Kier molecular flexibility index (Phi) is 5.98. The molecule has 108 valence electrons. The van der Waals surface area contributed by atoms with Gasteiger partial charge < -0.3 is 14.8 Å². The summed E-state index contributed by atoms with van der Waals surface area (Å²) in [6.07, 6.45) is 1.90. The SMILES string of the molecule is COCCNCc1cnc(COc2ccccc2C)s1. The fourth-order valence-corrected chi connectivity index (χ4v) is 2.55. The highest BCUT2D eigenvalue weighted by atomic mass is 32.1. The maximum absolute atomic E-state index is 5.79. The molecule has 0 unspecified atom stereocenters. The molecule has 2 rings (SSSR count). The minimum absolute atomic E-state index is 0.521. The lowest BCUT2D eigenvalue weighted by molar-refractivity contribution is 0.199. The number of aryl methyl sites for hydroxylation is 1. The van der Waals surface area contributed by atoms with Gasteiger partial charge in [-0.15, -0.1) is 11.3 Å². The molecule has 0 saturated carbocycles. The molecule has 0 amide bonds. The molecule has 0 saturated heterocycles. The number of methoxy groups -OCH3 is 1. The Morgan fingerprint density at radius 3 is 2.95 bits per heavy atom. The number of nitrogens with zero attached hydrogens (tertiary/aromatic N) is 1. The number of rotatable bonds is 8. The third-order valence-electron chi connectivity index (χ3n) is 2.83. The smallest absolute Gasteiger partial charge is 0.140 e. The van der Waals surface area contributed by atoms with Gasteiger partial charge in [0.1, 0.15) is 17.4 Å². The van der Waals surface area contributed by atoms with Gasteiger partial charge in [0.2, 0.25) is 0 Å². The first-order valence-corrected chi connectivity index (χ1v) is 7.43. The summed E-state index contributed by atoms with van der Waals surface area (Å²) in [6, 6.07) is 8.02. The van der Waals surface area contributed by atoms with Crippen molar-refractivity contribution in [3.05, 3.63) is 45.9 Å². The van der Waals surface area contributed by atoms with Crippen molar-refractivity contribution in [2.75, 3.05) is 20.3 Å². The Balaban J connectivity index is 1.79. The van der Waals surface area contributed by atoms with Crippen molar-refractivity contribution >= 4 is 11.3 Å². The summed E-state index contributed by atoms with van der Waals surface area (Å²) in [4.78, 5) is 5.59. The zero-order chi connectivity index (χ0) is 14.2. The molecule has 0 aliphatic carbocycles. The van der Waals surface area contributed by atoms with E-state index < -0.39 is 0 Å². The second-order valence-corrected chi connectivity index (χ2v) is 5.64. The quantitative estimate of drug-likeness (QED) is 0.760.